The molecule has 4 aromatic carbocycles. The average Bonchev–Trinajstić information content (AvgIpc) is 3.53. The maximum atomic E-state index is 13.4. The Labute approximate surface area is 270 Å². The van der Waals surface area contributed by atoms with Crippen molar-refractivity contribution in [2.75, 3.05) is 16.4 Å². The smallest absolute Gasteiger partial charge is 0.272 e. The highest BCUT2D eigenvalue weighted by atomic mass is 32.2. The third-order valence-electron chi connectivity index (χ3n) is 6.84. The molecule has 3 N–H and O–H groups in total. The van der Waals surface area contributed by atoms with E-state index in [2.05, 4.69) is 16.0 Å². The van der Waals surface area contributed by atoms with Gasteiger partial charge in [-0.1, -0.05) is 48.0 Å². The number of ketones is 1. The molecule has 0 aliphatic rings. The first-order valence-electron chi connectivity index (χ1n) is 14.4. The monoisotopic (exact) mass is 629 g/mol. The van der Waals surface area contributed by atoms with Crippen LogP contribution in [0.2, 0.25) is 0 Å². The lowest BCUT2D eigenvalue weighted by Crippen LogP contribution is -2.30. The third-order valence-corrected chi connectivity index (χ3v) is 7.85. The summed E-state index contributed by atoms with van der Waals surface area (Å²) < 4.78 is 5.99. The summed E-state index contributed by atoms with van der Waals surface area (Å²) in [7, 11) is 0. The molecule has 0 saturated carbocycles. The molecular formula is C37H31N3O5S. The van der Waals surface area contributed by atoms with E-state index in [1.807, 2.05) is 37.3 Å². The molecule has 46 heavy (non-hydrogen) atoms. The summed E-state index contributed by atoms with van der Waals surface area (Å²) in [5.74, 6) is 0.00146. The number of nitrogens with one attached hydrogen (secondary N) is 3. The van der Waals surface area contributed by atoms with Crippen LogP contribution in [-0.2, 0) is 9.59 Å². The summed E-state index contributed by atoms with van der Waals surface area (Å²) in [6.45, 7) is 3.50. The summed E-state index contributed by atoms with van der Waals surface area (Å²) in [6, 6.07) is 33.8. The Morgan fingerprint density at radius 1 is 0.717 bits per heavy atom. The quantitative estimate of drug-likeness (QED) is 0.0787. The van der Waals surface area contributed by atoms with Crippen LogP contribution in [0.15, 0.2) is 130 Å². The van der Waals surface area contributed by atoms with Crippen molar-refractivity contribution < 1.29 is 23.6 Å². The standard InChI is InChI=1S/C37H31N3O5S/c1-24-8-10-27(11-9-24)34-21-18-31(45-34)22-33(40-36(43)28-6-4-3-5-7-28)37(44)39-30-16-19-32(20-17-30)46-23-35(42)38-29-14-12-26(13-15-29)25(2)41/h3-22H,23H2,1-2H3,(H,38,42)(H,39,44)(H,40,43)/b33-22-. The molecule has 0 radical (unpaired) electrons. The molecule has 0 bridgehead atoms. The number of amides is 3. The van der Waals surface area contributed by atoms with Crippen LogP contribution >= 0.6 is 11.8 Å². The first-order valence-corrected chi connectivity index (χ1v) is 15.4. The molecule has 0 fully saturated rings. The van der Waals surface area contributed by atoms with Crippen LogP contribution in [0.1, 0.15) is 39.0 Å². The molecule has 0 unspecified atom stereocenters. The van der Waals surface area contributed by atoms with Crippen LogP contribution in [-0.4, -0.2) is 29.3 Å². The number of Topliss-reactive ketones (excluding diaryl/α,β-unsaturated/α-hetero) is 1. The van der Waals surface area contributed by atoms with E-state index in [0.29, 0.717) is 34.0 Å². The van der Waals surface area contributed by atoms with Crippen LogP contribution in [0.5, 0.6) is 0 Å². The van der Waals surface area contributed by atoms with E-state index in [-0.39, 0.29) is 23.1 Å². The molecule has 1 aromatic heterocycles. The fraction of sp³-hybridized carbons (Fsp3) is 0.0811. The zero-order chi connectivity index (χ0) is 32.5. The molecular weight excluding hydrogens is 598 g/mol. The Hall–Kier alpha value is -5.67. The second-order valence-corrected chi connectivity index (χ2v) is 11.4. The topological polar surface area (TPSA) is 118 Å². The second kappa shape index (κ2) is 14.9. The van der Waals surface area contributed by atoms with Crippen LogP contribution in [0, 0.1) is 6.92 Å². The van der Waals surface area contributed by atoms with Crippen LogP contribution in [0.3, 0.4) is 0 Å². The van der Waals surface area contributed by atoms with E-state index >= 15 is 0 Å². The van der Waals surface area contributed by atoms with Gasteiger partial charge in [0.1, 0.15) is 17.2 Å². The number of rotatable bonds is 11. The number of hydrogen-bond acceptors (Lipinski definition) is 6. The molecule has 5 rings (SSSR count). The zero-order valence-corrected chi connectivity index (χ0v) is 26.0. The van der Waals surface area contributed by atoms with Crippen LogP contribution in [0.4, 0.5) is 11.4 Å². The van der Waals surface area contributed by atoms with Gasteiger partial charge in [0.25, 0.3) is 11.8 Å². The maximum absolute atomic E-state index is 13.4. The Morgan fingerprint density at radius 2 is 1.37 bits per heavy atom. The minimum Gasteiger partial charge on any atom is -0.457 e. The minimum absolute atomic E-state index is 0.00474. The van der Waals surface area contributed by atoms with Crippen molar-refractivity contribution in [3.63, 3.8) is 0 Å². The molecule has 1 heterocycles. The van der Waals surface area contributed by atoms with E-state index in [4.69, 9.17) is 4.42 Å². The molecule has 0 aliphatic heterocycles. The number of anilines is 2. The molecule has 0 atom stereocenters. The van der Waals surface area contributed by atoms with E-state index < -0.39 is 11.8 Å². The van der Waals surface area contributed by atoms with Crippen molar-refractivity contribution in [3.8, 4) is 11.3 Å². The molecule has 3 amide bonds. The van der Waals surface area contributed by atoms with Gasteiger partial charge >= 0.3 is 0 Å². The number of furan rings is 1. The number of hydrogen-bond donors (Lipinski definition) is 3. The minimum atomic E-state index is -0.534. The van der Waals surface area contributed by atoms with Gasteiger partial charge in [0.15, 0.2) is 5.78 Å². The van der Waals surface area contributed by atoms with Gasteiger partial charge in [-0.2, -0.15) is 0 Å². The fourth-order valence-corrected chi connectivity index (χ4v) is 5.05. The van der Waals surface area contributed by atoms with Gasteiger partial charge in [-0.25, -0.2) is 0 Å². The van der Waals surface area contributed by atoms with E-state index in [1.54, 1.807) is 84.9 Å². The Kier molecular flexibility index (Phi) is 10.3. The summed E-state index contributed by atoms with van der Waals surface area (Å²) in [5, 5.41) is 8.35. The molecule has 0 spiro atoms. The lowest BCUT2D eigenvalue weighted by Gasteiger charge is -2.11. The van der Waals surface area contributed by atoms with Gasteiger partial charge in [-0.05, 0) is 86.6 Å². The summed E-state index contributed by atoms with van der Waals surface area (Å²) in [4.78, 5) is 51.1. The lowest BCUT2D eigenvalue weighted by atomic mass is 10.1. The highest BCUT2D eigenvalue weighted by molar-refractivity contribution is 8.00. The van der Waals surface area contributed by atoms with Gasteiger partial charge < -0.3 is 20.4 Å². The SMILES string of the molecule is CC(=O)c1ccc(NC(=O)CSc2ccc(NC(=O)/C(=C/c3ccc(-c4ccc(C)cc4)o3)NC(=O)c3ccccc3)cc2)cc1. The fourth-order valence-electron chi connectivity index (χ4n) is 4.36. The Balaban J connectivity index is 1.24. The van der Waals surface area contributed by atoms with Gasteiger partial charge in [0.05, 0.1) is 5.75 Å². The molecule has 0 aliphatic carbocycles. The maximum Gasteiger partial charge on any atom is 0.272 e. The first kappa shape index (κ1) is 31.7. The molecule has 9 heteroatoms. The van der Waals surface area contributed by atoms with E-state index in [0.717, 1.165) is 16.0 Å². The number of carbonyl (C=O) groups excluding carboxylic acids is 4. The average molecular weight is 630 g/mol. The van der Waals surface area contributed by atoms with Crippen molar-refractivity contribution in [1.29, 1.82) is 0 Å². The number of carbonyl (C=O) groups is 4. The summed E-state index contributed by atoms with van der Waals surface area (Å²) in [6.07, 6.45) is 1.49. The van der Waals surface area contributed by atoms with Crippen molar-refractivity contribution in [2.24, 2.45) is 0 Å². The normalized spacial score (nSPS) is 11.0. The van der Waals surface area contributed by atoms with E-state index in [1.165, 1.54) is 24.8 Å². The van der Waals surface area contributed by atoms with Crippen molar-refractivity contribution in [2.45, 2.75) is 18.7 Å². The number of aryl methyl sites for hydroxylation is 1. The zero-order valence-electron chi connectivity index (χ0n) is 25.2. The van der Waals surface area contributed by atoms with Gasteiger partial charge in [0.2, 0.25) is 5.91 Å². The van der Waals surface area contributed by atoms with Crippen LogP contribution < -0.4 is 16.0 Å². The highest BCUT2D eigenvalue weighted by Crippen LogP contribution is 2.25. The largest absolute Gasteiger partial charge is 0.457 e. The predicted molar refractivity (Wildman–Crippen MR) is 182 cm³/mol. The molecule has 0 saturated heterocycles. The lowest BCUT2D eigenvalue weighted by molar-refractivity contribution is -0.114. The van der Waals surface area contributed by atoms with E-state index in [9.17, 15) is 19.2 Å². The molecule has 5 aromatic rings. The summed E-state index contributed by atoms with van der Waals surface area (Å²) in [5.41, 5.74) is 4.12. The first-order chi connectivity index (χ1) is 22.2. The van der Waals surface area contributed by atoms with Crippen LogP contribution in [0.25, 0.3) is 17.4 Å². The Bertz CT molecular complexity index is 1880. The van der Waals surface area contributed by atoms with Crippen molar-refractivity contribution in [3.05, 3.63) is 143 Å². The van der Waals surface area contributed by atoms with Crippen molar-refractivity contribution >= 4 is 52.7 Å². The summed E-state index contributed by atoms with van der Waals surface area (Å²) >= 11 is 1.34. The molecule has 230 valence electrons. The second-order valence-electron chi connectivity index (χ2n) is 10.4. The molecule has 8 nitrogen and oxygen atoms in total. The van der Waals surface area contributed by atoms with Crippen molar-refractivity contribution in [1.82, 2.24) is 5.32 Å². The van der Waals surface area contributed by atoms with Gasteiger partial charge in [-0.3, -0.25) is 19.2 Å². The predicted octanol–water partition coefficient (Wildman–Crippen LogP) is 7.60. The number of benzene rings is 4. The Morgan fingerprint density at radius 3 is 2.04 bits per heavy atom. The number of thioether (sulfide) groups is 1. The highest BCUT2D eigenvalue weighted by Gasteiger charge is 2.17. The third kappa shape index (κ3) is 8.71. The van der Waals surface area contributed by atoms with Gasteiger partial charge in [-0.15, -0.1) is 11.8 Å². The van der Waals surface area contributed by atoms with Gasteiger partial charge in [0, 0.05) is 39.0 Å².